The van der Waals surface area contributed by atoms with Gasteiger partial charge in [0.1, 0.15) is 0 Å². The van der Waals surface area contributed by atoms with Crippen LogP contribution in [0.5, 0.6) is 0 Å². The number of hydrogen-bond donors (Lipinski definition) is 0. The summed E-state index contributed by atoms with van der Waals surface area (Å²) >= 11 is 0. The van der Waals surface area contributed by atoms with Crippen LogP contribution in [0.2, 0.25) is 0 Å². The first-order chi connectivity index (χ1) is 5.61. The van der Waals surface area contributed by atoms with E-state index in [1.165, 1.54) is 0 Å². The average Bonchev–Trinajstić information content (AvgIpc) is 2.04. The van der Waals surface area contributed by atoms with Crippen LogP contribution in [0.25, 0.3) is 0 Å². The molecule has 0 atom stereocenters. The molecule has 0 aliphatic heterocycles. The number of carbonyl (C=O) groups is 1. The summed E-state index contributed by atoms with van der Waals surface area (Å²) in [5.41, 5.74) is 2.46. The molecule has 0 heterocycles. The normalized spacial score (nSPS) is 9.50. The molecule has 1 aromatic rings. The second kappa shape index (κ2) is 3.35. The van der Waals surface area contributed by atoms with Gasteiger partial charge in [-0.25, -0.2) is 0 Å². The molecule has 0 bridgehead atoms. The van der Waals surface area contributed by atoms with Crippen LogP contribution >= 0.6 is 0 Å². The van der Waals surface area contributed by atoms with Gasteiger partial charge >= 0.3 is 0 Å². The van der Waals surface area contributed by atoms with E-state index < -0.39 is 0 Å². The molecule has 12 heavy (non-hydrogen) atoms. The minimum absolute atomic E-state index is 0.0231. The molecule has 0 radical (unpaired) electrons. The number of allylic oxidation sites excluding steroid dienone is 1. The highest BCUT2D eigenvalue weighted by molar-refractivity contribution is 6.07. The van der Waals surface area contributed by atoms with Gasteiger partial charge < -0.3 is 0 Å². The van der Waals surface area contributed by atoms with Crippen molar-refractivity contribution in [3.8, 4) is 0 Å². The lowest BCUT2D eigenvalue weighted by Gasteiger charge is -1.99. The molecule has 1 aromatic carbocycles. The molecule has 1 rings (SSSR count). The van der Waals surface area contributed by atoms with Crippen molar-refractivity contribution in [3.05, 3.63) is 47.5 Å². The van der Waals surface area contributed by atoms with Gasteiger partial charge in [0.25, 0.3) is 0 Å². The van der Waals surface area contributed by atoms with E-state index in [1.807, 2.05) is 31.2 Å². The van der Waals surface area contributed by atoms with E-state index in [4.69, 9.17) is 0 Å². The van der Waals surface area contributed by atoms with Crippen molar-refractivity contribution in [2.24, 2.45) is 0 Å². The van der Waals surface area contributed by atoms with Crippen LogP contribution in [0, 0.1) is 6.92 Å². The monoisotopic (exact) mass is 160 g/mol. The third-order valence-corrected chi connectivity index (χ3v) is 1.70. The molecule has 0 spiro atoms. The Balaban J connectivity index is 2.98. The highest BCUT2D eigenvalue weighted by atomic mass is 16.1. The van der Waals surface area contributed by atoms with E-state index in [2.05, 4.69) is 6.58 Å². The van der Waals surface area contributed by atoms with Gasteiger partial charge in [-0.05, 0) is 19.4 Å². The molecular weight excluding hydrogens is 148 g/mol. The predicted molar refractivity (Wildman–Crippen MR) is 50.3 cm³/mol. The van der Waals surface area contributed by atoms with Crippen molar-refractivity contribution in [1.29, 1.82) is 0 Å². The van der Waals surface area contributed by atoms with Crippen molar-refractivity contribution >= 4 is 5.78 Å². The van der Waals surface area contributed by atoms with Crippen molar-refractivity contribution in [2.45, 2.75) is 13.8 Å². The lowest BCUT2D eigenvalue weighted by atomic mass is 10.0. The number of Topliss-reactive ketones (excluding diaryl/α,β-unsaturated/α-hetero) is 1. The standard InChI is InChI=1S/C11H12O/c1-8(2)11(12)10-6-4-9(3)5-7-10/h4-7H,1H2,2-3H3. The first kappa shape index (κ1) is 8.72. The summed E-state index contributed by atoms with van der Waals surface area (Å²) < 4.78 is 0. The fourth-order valence-corrected chi connectivity index (χ4v) is 0.951. The van der Waals surface area contributed by atoms with Gasteiger partial charge in [-0.3, -0.25) is 4.79 Å². The molecule has 62 valence electrons. The summed E-state index contributed by atoms with van der Waals surface area (Å²) in [4.78, 5) is 11.4. The molecule has 1 heteroatoms. The second-order valence-corrected chi connectivity index (χ2v) is 2.98. The van der Waals surface area contributed by atoms with E-state index in [1.54, 1.807) is 6.92 Å². The van der Waals surface area contributed by atoms with Gasteiger partial charge in [-0.1, -0.05) is 36.4 Å². The molecular formula is C11H12O. The van der Waals surface area contributed by atoms with E-state index in [9.17, 15) is 4.79 Å². The quantitative estimate of drug-likeness (QED) is 0.480. The smallest absolute Gasteiger partial charge is 0.188 e. The maximum atomic E-state index is 11.4. The Labute approximate surface area is 72.7 Å². The van der Waals surface area contributed by atoms with Crippen LogP contribution < -0.4 is 0 Å². The van der Waals surface area contributed by atoms with E-state index in [0.29, 0.717) is 11.1 Å². The molecule has 0 aliphatic rings. The highest BCUT2D eigenvalue weighted by Crippen LogP contribution is 2.07. The minimum Gasteiger partial charge on any atom is -0.289 e. The van der Waals surface area contributed by atoms with Crippen molar-refractivity contribution < 1.29 is 4.79 Å². The molecule has 0 saturated carbocycles. The summed E-state index contributed by atoms with van der Waals surface area (Å²) in [5, 5.41) is 0. The molecule has 0 aliphatic carbocycles. The molecule has 1 nitrogen and oxygen atoms in total. The molecule has 0 amide bonds. The number of carbonyl (C=O) groups excluding carboxylic acids is 1. The third kappa shape index (κ3) is 1.82. The maximum Gasteiger partial charge on any atom is 0.188 e. The van der Waals surface area contributed by atoms with Crippen LogP contribution in [-0.2, 0) is 0 Å². The lowest BCUT2D eigenvalue weighted by Crippen LogP contribution is -1.98. The Morgan fingerprint density at radius 2 is 1.75 bits per heavy atom. The fourth-order valence-electron chi connectivity index (χ4n) is 0.951. The van der Waals surface area contributed by atoms with E-state index in [0.717, 1.165) is 5.56 Å². The van der Waals surface area contributed by atoms with Gasteiger partial charge in [0.15, 0.2) is 5.78 Å². The Morgan fingerprint density at radius 1 is 1.25 bits per heavy atom. The fraction of sp³-hybridized carbons (Fsp3) is 0.182. The largest absolute Gasteiger partial charge is 0.289 e. The van der Waals surface area contributed by atoms with Crippen LogP contribution in [-0.4, -0.2) is 5.78 Å². The molecule has 0 fully saturated rings. The number of benzene rings is 1. The first-order valence-corrected chi connectivity index (χ1v) is 3.88. The Kier molecular flexibility index (Phi) is 2.44. The van der Waals surface area contributed by atoms with Crippen molar-refractivity contribution in [2.75, 3.05) is 0 Å². The summed E-state index contributed by atoms with van der Waals surface area (Å²) in [6, 6.07) is 7.50. The molecule has 0 saturated heterocycles. The zero-order valence-electron chi connectivity index (χ0n) is 7.42. The van der Waals surface area contributed by atoms with Gasteiger partial charge in [0.2, 0.25) is 0 Å². The topological polar surface area (TPSA) is 17.1 Å². The number of rotatable bonds is 2. The Bertz CT molecular complexity index is 306. The highest BCUT2D eigenvalue weighted by Gasteiger charge is 2.04. The number of hydrogen-bond acceptors (Lipinski definition) is 1. The summed E-state index contributed by atoms with van der Waals surface area (Å²) in [7, 11) is 0. The summed E-state index contributed by atoms with van der Waals surface area (Å²) in [6.07, 6.45) is 0. The molecule has 0 unspecified atom stereocenters. The summed E-state index contributed by atoms with van der Waals surface area (Å²) in [6.45, 7) is 7.32. The summed E-state index contributed by atoms with van der Waals surface area (Å²) in [5.74, 6) is 0.0231. The molecule has 0 aromatic heterocycles. The number of aryl methyl sites for hydroxylation is 1. The lowest BCUT2D eigenvalue weighted by molar-refractivity contribution is 0.103. The average molecular weight is 160 g/mol. The zero-order chi connectivity index (χ0) is 9.14. The Hall–Kier alpha value is -1.37. The van der Waals surface area contributed by atoms with E-state index >= 15 is 0 Å². The van der Waals surface area contributed by atoms with Crippen LogP contribution in [0.1, 0.15) is 22.8 Å². The second-order valence-electron chi connectivity index (χ2n) is 2.98. The Morgan fingerprint density at radius 3 is 2.17 bits per heavy atom. The van der Waals surface area contributed by atoms with Crippen molar-refractivity contribution in [3.63, 3.8) is 0 Å². The third-order valence-electron chi connectivity index (χ3n) is 1.70. The number of ketones is 1. The van der Waals surface area contributed by atoms with Crippen LogP contribution in [0.4, 0.5) is 0 Å². The van der Waals surface area contributed by atoms with Gasteiger partial charge in [0.05, 0.1) is 0 Å². The molecule has 0 N–H and O–H groups in total. The zero-order valence-corrected chi connectivity index (χ0v) is 7.42. The van der Waals surface area contributed by atoms with Gasteiger partial charge in [0, 0.05) is 5.56 Å². The van der Waals surface area contributed by atoms with Gasteiger partial charge in [-0.15, -0.1) is 0 Å². The minimum atomic E-state index is 0.0231. The van der Waals surface area contributed by atoms with Crippen LogP contribution in [0.3, 0.4) is 0 Å². The van der Waals surface area contributed by atoms with Crippen molar-refractivity contribution in [1.82, 2.24) is 0 Å². The first-order valence-electron chi connectivity index (χ1n) is 3.88. The van der Waals surface area contributed by atoms with Crippen LogP contribution in [0.15, 0.2) is 36.4 Å². The maximum absolute atomic E-state index is 11.4. The predicted octanol–water partition coefficient (Wildman–Crippen LogP) is 2.75. The van der Waals surface area contributed by atoms with Gasteiger partial charge in [-0.2, -0.15) is 0 Å². The van der Waals surface area contributed by atoms with E-state index in [-0.39, 0.29) is 5.78 Å². The SMILES string of the molecule is C=C(C)C(=O)c1ccc(C)cc1.